The maximum Gasteiger partial charge on any atom is 0.408 e. The molecule has 0 aliphatic carbocycles. The molecule has 19 heavy (non-hydrogen) atoms. The van der Waals surface area contributed by atoms with Crippen molar-refractivity contribution in [3.8, 4) is 0 Å². The first-order valence-corrected chi connectivity index (χ1v) is 6.67. The fourth-order valence-corrected chi connectivity index (χ4v) is 3.07. The number of aliphatic hydroxyl groups is 1. The van der Waals surface area contributed by atoms with Gasteiger partial charge in [-0.05, 0) is 32.8 Å². The van der Waals surface area contributed by atoms with Crippen molar-refractivity contribution >= 4 is 17.7 Å². The molecule has 1 unspecified atom stereocenters. The van der Waals surface area contributed by atoms with E-state index < -0.39 is 23.8 Å². The van der Waals surface area contributed by atoms with Crippen LogP contribution in [-0.2, 0) is 0 Å². The van der Waals surface area contributed by atoms with Crippen LogP contribution < -0.4 is 0 Å². The number of carboxylic acid groups (broad SMARTS) is 1. The van der Waals surface area contributed by atoms with E-state index in [-0.39, 0.29) is 0 Å². The van der Waals surface area contributed by atoms with Crippen LogP contribution in [-0.4, -0.2) is 32.8 Å². The summed E-state index contributed by atoms with van der Waals surface area (Å²) in [6, 6.07) is 6.55. The summed E-state index contributed by atoms with van der Waals surface area (Å²) in [7, 11) is 0. The van der Waals surface area contributed by atoms with Gasteiger partial charge in [0.1, 0.15) is 6.10 Å². The maximum atomic E-state index is 11.4. The van der Waals surface area contributed by atoms with Crippen molar-refractivity contribution in [3.63, 3.8) is 0 Å². The number of likely N-dealkylation sites (tertiary alicyclic amines) is 1. The van der Waals surface area contributed by atoms with Gasteiger partial charge in [-0.15, -0.1) is 0 Å². The Morgan fingerprint density at radius 3 is 2.68 bits per heavy atom. The highest BCUT2D eigenvalue weighted by Crippen LogP contribution is 2.40. The molecule has 0 aromatic heterocycles. The van der Waals surface area contributed by atoms with Crippen molar-refractivity contribution in [2.24, 2.45) is 0 Å². The first-order chi connectivity index (χ1) is 8.84. The molecule has 2 atom stereocenters. The molecule has 5 heteroatoms. The zero-order valence-corrected chi connectivity index (χ0v) is 11.8. The van der Waals surface area contributed by atoms with Gasteiger partial charge in [-0.1, -0.05) is 29.8 Å². The Balaban J connectivity index is 2.32. The van der Waals surface area contributed by atoms with Crippen molar-refractivity contribution in [2.45, 2.75) is 44.4 Å². The highest BCUT2D eigenvalue weighted by Gasteiger charge is 2.46. The minimum absolute atomic E-state index is 0.451. The monoisotopic (exact) mass is 283 g/mol. The van der Waals surface area contributed by atoms with E-state index in [9.17, 15) is 15.0 Å². The molecule has 0 bridgehead atoms. The largest absolute Gasteiger partial charge is 0.465 e. The Morgan fingerprint density at radius 2 is 2.11 bits per heavy atom. The summed E-state index contributed by atoms with van der Waals surface area (Å²) in [5.41, 5.74) is 0.122. The van der Waals surface area contributed by atoms with Gasteiger partial charge in [0.25, 0.3) is 0 Å². The second-order valence-electron chi connectivity index (χ2n) is 5.54. The zero-order chi connectivity index (χ0) is 14.2. The van der Waals surface area contributed by atoms with Gasteiger partial charge in [-0.25, -0.2) is 4.79 Å². The van der Waals surface area contributed by atoms with Crippen LogP contribution in [0, 0.1) is 0 Å². The minimum Gasteiger partial charge on any atom is -0.465 e. The predicted octanol–water partition coefficient (Wildman–Crippen LogP) is 3.29. The van der Waals surface area contributed by atoms with Gasteiger partial charge in [0.05, 0.1) is 6.04 Å². The lowest BCUT2D eigenvalue weighted by atomic mass is 10.00. The number of benzene rings is 1. The van der Waals surface area contributed by atoms with Crippen molar-refractivity contribution in [3.05, 3.63) is 34.9 Å². The molecule has 2 rings (SSSR count). The number of carbonyl (C=O) groups is 1. The summed E-state index contributed by atoms with van der Waals surface area (Å²) in [6.07, 6.45) is -0.540. The first-order valence-electron chi connectivity index (χ1n) is 6.29. The molecule has 1 heterocycles. The van der Waals surface area contributed by atoms with Gasteiger partial charge in [0.2, 0.25) is 0 Å². The third-order valence-electron chi connectivity index (χ3n) is 3.83. The predicted molar refractivity (Wildman–Crippen MR) is 73.4 cm³/mol. The molecule has 1 aliphatic heterocycles. The van der Waals surface area contributed by atoms with Crippen LogP contribution in [0.4, 0.5) is 4.79 Å². The van der Waals surface area contributed by atoms with Gasteiger partial charge in [-0.3, -0.25) is 4.90 Å². The standard InChI is InChI=1S/C14H18ClNO3/c1-14(2)8-7-11(16(14)13(18)19)12(17)9-5-3-4-6-10(9)15/h3-6,11-12,17H,7-8H2,1-2H3,(H,18,19)/t11?,12-/m0/s1. The highest BCUT2D eigenvalue weighted by molar-refractivity contribution is 6.31. The molecular weight excluding hydrogens is 266 g/mol. The molecule has 104 valence electrons. The fraction of sp³-hybridized carbons (Fsp3) is 0.500. The van der Waals surface area contributed by atoms with Crippen LogP contribution in [0.15, 0.2) is 24.3 Å². The molecule has 1 aliphatic rings. The number of hydrogen-bond acceptors (Lipinski definition) is 2. The van der Waals surface area contributed by atoms with Crippen LogP contribution in [0.25, 0.3) is 0 Å². The summed E-state index contributed by atoms with van der Waals surface area (Å²) in [6.45, 7) is 3.75. The molecule has 2 N–H and O–H groups in total. The molecule has 1 fully saturated rings. The lowest BCUT2D eigenvalue weighted by molar-refractivity contribution is 0.0362. The van der Waals surface area contributed by atoms with E-state index in [1.54, 1.807) is 24.3 Å². The van der Waals surface area contributed by atoms with E-state index in [0.717, 1.165) is 6.42 Å². The summed E-state index contributed by atoms with van der Waals surface area (Å²) in [5, 5.41) is 20.3. The molecule has 0 spiro atoms. The molecule has 1 aromatic rings. The number of hydrogen-bond donors (Lipinski definition) is 2. The van der Waals surface area contributed by atoms with E-state index in [4.69, 9.17) is 11.6 Å². The van der Waals surface area contributed by atoms with Crippen molar-refractivity contribution in [1.29, 1.82) is 0 Å². The summed E-state index contributed by atoms with van der Waals surface area (Å²) in [5.74, 6) is 0. The summed E-state index contributed by atoms with van der Waals surface area (Å²) in [4.78, 5) is 12.8. The average Bonchev–Trinajstić information content (AvgIpc) is 2.64. The lowest BCUT2D eigenvalue weighted by Crippen LogP contribution is -2.48. The second kappa shape index (κ2) is 5.02. The topological polar surface area (TPSA) is 60.8 Å². The van der Waals surface area contributed by atoms with Gasteiger partial charge in [-0.2, -0.15) is 0 Å². The summed E-state index contributed by atoms with van der Waals surface area (Å²) >= 11 is 6.07. The normalized spacial score (nSPS) is 23.4. The first kappa shape index (κ1) is 14.2. The van der Waals surface area contributed by atoms with Crippen LogP contribution in [0.2, 0.25) is 5.02 Å². The van der Waals surface area contributed by atoms with Crippen molar-refractivity contribution in [2.75, 3.05) is 0 Å². The average molecular weight is 284 g/mol. The Morgan fingerprint density at radius 1 is 1.47 bits per heavy atom. The van der Waals surface area contributed by atoms with E-state index in [0.29, 0.717) is 17.0 Å². The van der Waals surface area contributed by atoms with Crippen molar-refractivity contribution in [1.82, 2.24) is 4.90 Å². The third kappa shape index (κ3) is 2.55. The Labute approximate surface area is 117 Å². The number of aliphatic hydroxyl groups excluding tert-OH is 1. The highest BCUT2D eigenvalue weighted by atomic mass is 35.5. The molecule has 0 saturated carbocycles. The second-order valence-corrected chi connectivity index (χ2v) is 5.94. The minimum atomic E-state index is -1.00. The van der Waals surface area contributed by atoms with E-state index in [2.05, 4.69) is 0 Å². The Bertz CT molecular complexity index is 489. The van der Waals surface area contributed by atoms with Crippen LogP contribution in [0.5, 0.6) is 0 Å². The molecule has 1 aromatic carbocycles. The van der Waals surface area contributed by atoms with Crippen LogP contribution in [0.3, 0.4) is 0 Å². The molecule has 4 nitrogen and oxygen atoms in total. The number of amides is 1. The SMILES string of the molecule is CC1(C)CCC([C@@H](O)c2ccccc2Cl)N1C(=O)O. The Kier molecular flexibility index (Phi) is 3.74. The maximum absolute atomic E-state index is 11.4. The van der Waals surface area contributed by atoms with Crippen LogP contribution in [0.1, 0.15) is 38.4 Å². The van der Waals surface area contributed by atoms with E-state index in [1.807, 2.05) is 13.8 Å². The Hall–Kier alpha value is -1.26. The smallest absolute Gasteiger partial charge is 0.408 e. The number of nitrogens with zero attached hydrogens (tertiary/aromatic N) is 1. The number of halogens is 1. The van der Waals surface area contributed by atoms with Gasteiger partial charge in [0, 0.05) is 16.1 Å². The zero-order valence-electron chi connectivity index (χ0n) is 11.0. The quantitative estimate of drug-likeness (QED) is 0.875. The van der Waals surface area contributed by atoms with Gasteiger partial charge >= 0.3 is 6.09 Å². The van der Waals surface area contributed by atoms with Crippen molar-refractivity contribution < 1.29 is 15.0 Å². The summed E-state index contributed by atoms with van der Waals surface area (Å²) < 4.78 is 0. The molecule has 0 radical (unpaired) electrons. The molecule has 1 saturated heterocycles. The van der Waals surface area contributed by atoms with E-state index >= 15 is 0 Å². The van der Waals surface area contributed by atoms with Crippen LogP contribution >= 0.6 is 11.6 Å². The number of rotatable bonds is 2. The molecular formula is C14H18ClNO3. The van der Waals surface area contributed by atoms with Gasteiger partial charge < -0.3 is 10.2 Å². The lowest BCUT2D eigenvalue weighted by Gasteiger charge is -2.35. The fourth-order valence-electron chi connectivity index (χ4n) is 2.82. The van der Waals surface area contributed by atoms with Gasteiger partial charge in [0.15, 0.2) is 0 Å². The molecule has 1 amide bonds. The third-order valence-corrected chi connectivity index (χ3v) is 4.17. The van der Waals surface area contributed by atoms with E-state index in [1.165, 1.54) is 4.90 Å².